The van der Waals surface area contributed by atoms with Crippen LogP contribution in [0.3, 0.4) is 0 Å². The number of alkyl halides is 1. The Labute approximate surface area is 52.1 Å². The van der Waals surface area contributed by atoms with Gasteiger partial charge in [-0.2, -0.15) is 0 Å². The molecule has 1 nitrogen and oxygen atoms in total. The predicted octanol–water partition coefficient (Wildman–Crippen LogP) is 1.36. The molecule has 1 unspecified atom stereocenters. The lowest BCUT2D eigenvalue weighted by molar-refractivity contribution is 0.881. The van der Waals surface area contributed by atoms with Crippen molar-refractivity contribution in [2.24, 2.45) is 0 Å². The number of hydrogen-bond donors (Lipinski definition) is 1. The van der Waals surface area contributed by atoms with Crippen molar-refractivity contribution in [3.8, 4) is 0 Å². The highest BCUT2D eigenvalue weighted by Gasteiger charge is 2.05. The summed E-state index contributed by atoms with van der Waals surface area (Å²) in [5.41, 5.74) is 0. The van der Waals surface area contributed by atoms with Gasteiger partial charge in [-0.3, -0.25) is 0 Å². The molecular formula is C4H6ClNS. The van der Waals surface area contributed by atoms with Crippen molar-refractivity contribution in [1.82, 2.24) is 5.32 Å². The van der Waals surface area contributed by atoms with E-state index in [1.807, 2.05) is 11.6 Å². The van der Waals surface area contributed by atoms with Crippen molar-refractivity contribution in [2.45, 2.75) is 5.37 Å². The third-order valence-electron chi connectivity index (χ3n) is 0.733. The molecule has 1 N–H and O–H groups in total. The van der Waals surface area contributed by atoms with E-state index in [4.69, 9.17) is 11.6 Å². The van der Waals surface area contributed by atoms with Crippen molar-refractivity contribution in [3.63, 3.8) is 0 Å². The second kappa shape index (κ2) is 2.48. The lowest BCUT2D eigenvalue weighted by Gasteiger charge is -2.01. The first kappa shape index (κ1) is 5.32. The average Bonchev–Trinajstić information content (AvgIpc) is 2.14. The highest BCUT2D eigenvalue weighted by Crippen LogP contribution is 2.15. The average molecular weight is 136 g/mol. The van der Waals surface area contributed by atoms with Crippen molar-refractivity contribution < 1.29 is 0 Å². The third-order valence-corrected chi connectivity index (χ3v) is 2.15. The number of halogens is 1. The Hall–Kier alpha value is 0.180. The molecular weight excluding hydrogens is 130 g/mol. The summed E-state index contributed by atoms with van der Waals surface area (Å²) in [5.74, 6) is 0.678. The van der Waals surface area contributed by atoms with Gasteiger partial charge in [0, 0.05) is 6.20 Å². The van der Waals surface area contributed by atoms with Gasteiger partial charge in [-0.25, -0.2) is 0 Å². The Bertz CT molecular complexity index is 75.8. The third kappa shape index (κ3) is 1.28. The fraction of sp³-hybridized carbons (Fsp3) is 0.500. The molecule has 0 saturated carbocycles. The topological polar surface area (TPSA) is 12.0 Å². The van der Waals surface area contributed by atoms with Gasteiger partial charge in [0.2, 0.25) is 0 Å². The maximum atomic E-state index is 5.48. The zero-order valence-electron chi connectivity index (χ0n) is 3.73. The van der Waals surface area contributed by atoms with E-state index >= 15 is 0 Å². The molecule has 1 atom stereocenters. The van der Waals surface area contributed by atoms with Gasteiger partial charge in [0.25, 0.3) is 0 Å². The van der Waals surface area contributed by atoms with E-state index < -0.39 is 0 Å². The molecule has 0 amide bonds. The molecule has 0 radical (unpaired) electrons. The molecule has 1 aliphatic rings. The van der Waals surface area contributed by atoms with Crippen LogP contribution in [0, 0.1) is 0 Å². The van der Waals surface area contributed by atoms with Gasteiger partial charge < -0.3 is 5.32 Å². The van der Waals surface area contributed by atoms with Crippen LogP contribution in [-0.4, -0.2) is 11.3 Å². The van der Waals surface area contributed by atoms with Gasteiger partial charge in [0.1, 0.15) is 0 Å². The van der Waals surface area contributed by atoms with Gasteiger partial charge in [0.05, 0.1) is 11.3 Å². The monoisotopic (exact) mass is 135 g/mol. The molecule has 7 heavy (non-hydrogen) atoms. The summed E-state index contributed by atoms with van der Waals surface area (Å²) in [4.78, 5) is 0. The number of thioether (sulfide) groups is 1. The molecule has 0 aromatic rings. The molecule has 40 valence electrons. The van der Waals surface area contributed by atoms with E-state index in [1.165, 1.54) is 0 Å². The summed E-state index contributed by atoms with van der Waals surface area (Å²) < 4.78 is 0. The van der Waals surface area contributed by atoms with Crippen molar-refractivity contribution >= 4 is 23.4 Å². The summed E-state index contributed by atoms with van der Waals surface area (Å²) in [6.07, 6.45) is 1.91. The smallest absolute Gasteiger partial charge is 0.0895 e. The van der Waals surface area contributed by atoms with Crippen LogP contribution in [0.2, 0.25) is 0 Å². The predicted molar refractivity (Wildman–Crippen MR) is 34.4 cm³/mol. The first-order chi connectivity index (χ1) is 3.43. The molecule has 0 spiro atoms. The number of nitrogens with one attached hydrogen (secondary N) is 1. The molecule has 0 aliphatic carbocycles. The van der Waals surface area contributed by atoms with Crippen molar-refractivity contribution in [1.29, 1.82) is 0 Å². The van der Waals surface area contributed by atoms with Crippen LogP contribution in [0.1, 0.15) is 0 Å². The molecule has 0 aromatic carbocycles. The summed E-state index contributed by atoms with van der Waals surface area (Å²) >= 11 is 7.20. The van der Waals surface area contributed by atoms with E-state index in [2.05, 4.69) is 5.32 Å². The fourth-order valence-electron chi connectivity index (χ4n) is 0.401. The fourth-order valence-corrected chi connectivity index (χ4v) is 1.28. The van der Waals surface area contributed by atoms with E-state index in [0.29, 0.717) is 11.3 Å². The summed E-state index contributed by atoms with van der Waals surface area (Å²) in [5, 5.41) is 5.48. The quantitative estimate of drug-likeness (QED) is 0.545. The zero-order valence-corrected chi connectivity index (χ0v) is 5.30. The highest BCUT2D eigenvalue weighted by atomic mass is 35.5. The van der Waals surface area contributed by atoms with Crippen LogP contribution < -0.4 is 5.32 Å². The van der Waals surface area contributed by atoms with Crippen LogP contribution in [0.5, 0.6) is 0 Å². The van der Waals surface area contributed by atoms with Crippen LogP contribution in [0.4, 0.5) is 0 Å². The second-order valence-electron chi connectivity index (χ2n) is 1.25. The largest absolute Gasteiger partial charge is 0.377 e. The van der Waals surface area contributed by atoms with E-state index in [1.54, 1.807) is 11.8 Å². The van der Waals surface area contributed by atoms with Crippen molar-refractivity contribution in [3.05, 3.63) is 11.6 Å². The van der Waals surface area contributed by atoms with Crippen LogP contribution >= 0.6 is 23.4 Å². The molecule has 0 bridgehead atoms. The number of hydrogen-bond acceptors (Lipinski definition) is 2. The molecule has 1 rings (SSSR count). The Morgan fingerprint density at radius 2 is 2.71 bits per heavy atom. The molecule has 3 heteroatoms. The summed E-state index contributed by atoms with van der Waals surface area (Å²) in [6.45, 7) is 0. The highest BCUT2D eigenvalue weighted by molar-refractivity contribution is 8.03. The molecule has 0 aromatic heterocycles. The van der Waals surface area contributed by atoms with Crippen LogP contribution in [0.15, 0.2) is 11.6 Å². The van der Waals surface area contributed by atoms with Crippen LogP contribution in [0.25, 0.3) is 0 Å². The SMILES string of the molecule is ClCC1NC=CS1. The Balaban J connectivity index is 2.22. The first-order valence-electron chi connectivity index (χ1n) is 2.06. The Morgan fingerprint density at radius 3 is 3.00 bits per heavy atom. The standard InChI is InChI=1S/C4H6ClNS/c5-3-4-6-1-2-7-4/h1-2,4,6H,3H2. The van der Waals surface area contributed by atoms with Gasteiger partial charge in [-0.15, -0.1) is 23.4 Å². The minimum atomic E-state index is 0.418. The van der Waals surface area contributed by atoms with Gasteiger partial charge in [-0.1, -0.05) is 0 Å². The summed E-state index contributed by atoms with van der Waals surface area (Å²) in [6, 6.07) is 0. The Morgan fingerprint density at radius 1 is 1.86 bits per heavy atom. The number of rotatable bonds is 1. The summed E-state index contributed by atoms with van der Waals surface area (Å²) in [7, 11) is 0. The minimum Gasteiger partial charge on any atom is -0.377 e. The van der Waals surface area contributed by atoms with E-state index in [9.17, 15) is 0 Å². The van der Waals surface area contributed by atoms with Crippen molar-refractivity contribution in [2.75, 3.05) is 5.88 Å². The molecule has 1 heterocycles. The second-order valence-corrected chi connectivity index (χ2v) is 2.67. The molecule has 1 aliphatic heterocycles. The van der Waals surface area contributed by atoms with E-state index in [-0.39, 0.29) is 0 Å². The normalized spacial score (nSPS) is 27.9. The minimum absolute atomic E-state index is 0.418. The van der Waals surface area contributed by atoms with Gasteiger partial charge in [0.15, 0.2) is 0 Å². The van der Waals surface area contributed by atoms with Crippen LogP contribution in [-0.2, 0) is 0 Å². The maximum Gasteiger partial charge on any atom is 0.0895 e. The van der Waals surface area contributed by atoms with Gasteiger partial charge in [-0.05, 0) is 5.41 Å². The lowest BCUT2D eigenvalue weighted by atomic mass is 10.7. The lowest BCUT2D eigenvalue weighted by Crippen LogP contribution is -2.16. The molecule has 0 saturated heterocycles. The van der Waals surface area contributed by atoms with E-state index in [0.717, 1.165) is 0 Å². The first-order valence-corrected chi connectivity index (χ1v) is 3.53. The molecule has 0 fully saturated rings. The zero-order chi connectivity index (χ0) is 5.11. The Kier molecular flexibility index (Phi) is 1.88. The van der Waals surface area contributed by atoms with Gasteiger partial charge >= 0.3 is 0 Å². The maximum absolute atomic E-state index is 5.48.